The highest BCUT2D eigenvalue weighted by atomic mass is 19.4. The van der Waals surface area contributed by atoms with Crippen LogP contribution in [0.15, 0.2) is 75.9 Å². The van der Waals surface area contributed by atoms with Crippen molar-refractivity contribution in [3.8, 4) is 17.1 Å². The number of ether oxygens (including phenoxy) is 1. The molecule has 0 aliphatic heterocycles. The van der Waals surface area contributed by atoms with Gasteiger partial charge in [-0.2, -0.15) is 13.2 Å². The minimum atomic E-state index is -4.64. The first kappa shape index (κ1) is 23.1. The van der Waals surface area contributed by atoms with Crippen molar-refractivity contribution in [2.24, 2.45) is 0 Å². The monoisotopic (exact) mass is 467 g/mol. The molecular formula is C26H20F3NO4. The van der Waals surface area contributed by atoms with Gasteiger partial charge in [0.05, 0.1) is 16.6 Å². The molecule has 174 valence electrons. The van der Waals surface area contributed by atoms with Crippen LogP contribution in [0.3, 0.4) is 0 Å². The summed E-state index contributed by atoms with van der Waals surface area (Å²) in [6.07, 6.45) is -4.64. The highest BCUT2D eigenvalue weighted by Crippen LogP contribution is 2.35. The van der Waals surface area contributed by atoms with E-state index in [2.05, 4.69) is 5.32 Å². The number of halogens is 3. The maximum absolute atomic E-state index is 13.2. The lowest BCUT2D eigenvalue weighted by atomic mass is 10.1. The molecule has 34 heavy (non-hydrogen) atoms. The van der Waals surface area contributed by atoms with Gasteiger partial charge in [-0.15, -0.1) is 0 Å². The SMILES string of the molecule is Cc1ccc(-c2oc3cc(C)ccc3c(=O)c2OCC(=O)Nc2ccccc2C(F)(F)F)cc1. The average molecular weight is 467 g/mol. The van der Waals surface area contributed by atoms with E-state index >= 15 is 0 Å². The number of para-hydroxylation sites is 1. The largest absolute Gasteiger partial charge is 0.476 e. The third kappa shape index (κ3) is 4.80. The molecule has 1 aromatic heterocycles. The van der Waals surface area contributed by atoms with Crippen LogP contribution in [0.5, 0.6) is 5.75 Å². The Kier molecular flexibility index (Phi) is 6.15. The topological polar surface area (TPSA) is 68.5 Å². The summed E-state index contributed by atoms with van der Waals surface area (Å²) in [6.45, 7) is 3.08. The Morgan fingerprint density at radius 3 is 2.35 bits per heavy atom. The van der Waals surface area contributed by atoms with Gasteiger partial charge in [-0.05, 0) is 43.7 Å². The number of aryl methyl sites for hydroxylation is 2. The van der Waals surface area contributed by atoms with Crippen molar-refractivity contribution in [2.45, 2.75) is 20.0 Å². The van der Waals surface area contributed by atoms with Gasteiger partial charge in [0, 0.05) is 5.56 Å². The quantitative estimate of drug-likeness (QED) is 0.384. The van der Waals surface area contributed by atoms with Crippen LogP contribution in [0, 0.1) is 13.8 Å². The number of anilines is 1. The van der Waals surface area contributed by atoms with Gasteiger partial charge >= 0.3 is 6.18 Å². The minimum Gasteiger partial charge on any atom is -0.476 e. The summed E-state index contributed by atoms with van der Waals surface area (Å²) in [6, 6.07) is 16.9. The first-order valence-electron chi connectivity index (χ1n) is 10.4. The Balaban J connectivity index is 1.68. The van der Waals surface area contributed by atoms with Gasteiger partial charge < -0.3 is 14.5 Å². The predicted octanol–water partition coefficient (Wildman–Crippen LogP) is 6.11. The van der Waals surface area contributed by atoms with Crippen LogP contribution in [0.25, 0.3) is 22.3 Å². The second-order valence-electron chi connectivity index (χ2n) is 7.84. The number of rotatable bonds is 5. The molecule has 4 aromatic rings. The standard InChI is InChI=1S/C26H20F3NO4/c1-15-7-10-17(11-8-15)24-25(23(32)18-12-9-16(2)13-21(18)34-24)33-14-22(31)30-20-6-4-3-5-19(20)26(27,28)29/h3-13H,14H2,1-2H3,(H,30,31). The summed E-state index contributed by atoms with van der Waals surface area (Å²) < 4.78 is 51.2. The Bertz CT molecular complexity index is 1420. The predicted molar refractivity (Wildman–Crippen MR) is 123 cm³/mol. The van der Waals surface area contributed by atoms with E-state index in [-0.39, 0.29) is 16.9 Å². The van der Waals surface area contributed by atoms with Gasteiger partial charge in [-0.25, -0.2) is 0 Å². The Labute approximate surface area is 192 Å². The summed E-state index contributed by atoms with van der Waals surface area (Å²) in [5.41, 5.74) is 0.934. The van der Waals surface area contributed by atoms with E-state index in [9.17, 15) is 22.8 Å². The molecule has 0 aliphatic rings. The zero-order chi connectivity index (χ0) is 24.5. The van der Waals surface area contributed by atoms with Crippen molar-refractivity contribution in [1.82, 2.24) is 0 Å². The molecule has 3 aromatic carbocycles. The molecule has 4 rings (SSSR count). The first-order chi connectivity index (χ1) is 16.1. The fourth-order valence-electron chi connectivity index (χ4n) is 3.47. The summed E-state index contributed by atoms with van der Waals surface area (Å²) >= 11 is 0. The van der Waals surface area contributed by atoms with Gasteiger partial charge in [0.2, 0.25) is 11.2 Å². The number of alkyl halides is 3. The van der Waals surface area contributed by atoms with E-state index in [0.29, 0.717) is 11.1 Å². The maximum Gasteiger partial charge on any atom is 0.418 e. The molecule has 0 fully saturated rings. The zero-order valence-electron chi connectivity index (χ0n) is 18.3. The lowest BCUT2D eigenvalue weighted by Crippen LogP contribution is -2.24. The molecule has 0 unspecified atom stereocenters. The van der Waals surface area contributed by atoms with E-state index in [1.807, 2.05) is 26.0 Å². The second-order valence-corrected chi connectivity index (χ2v) is 7.84. The van der Waals surface area contributed by atoms with E-state index in [1.165, 1.54) is 12.1 Å². The third-order valence-electron chi connectivity index (χ3n) is 5.17. The number of hydrogen-bond acceptors (Lipinski definition) is 4. The first-order valence-corrected chi connectivity index (χ1v) is 10.4. The Morgan fingerprint density at radius 1 is 0.971 bits per heavy atom. The number of carbonyl (C=O) groups excluding carboxylic acids is 1. The normalized spacial score (nSPS) is 11.4. The molecule has 0 saturated carbocycles. The van der Waals surface area contributed by atoms with Gasteiger partial charge in [0.25, 0.3) is 5.91 Å². The van der Waals surface area contributed by atoms with E-state index in [0.717, 1.165) is 23.3 Å². The van der Waals surface area contributed by atoms with Crippen LogP contribution < -0.4 is 15.5 Å². The zero-order valence-corrected chi connectivity index (χ0v) is 18.3. The van der Waals surface area contributed by atoms with Crippen LogP contribution in [0.4, 0.5) is 18.9 Å². The fourth-order valence-corrected chi connectivity index (χ4v) is 3.47. The number of nitrogens with one attached hydrogen (secondary N) is 1. The van der Waals surface area contributed by atoms with Gasteiger partial charge in [0.15, 0.2) is 12.4 Å². The lowest BCUT2D eigenvalue weighted by molar-refractivity contribution is -0.137. The molecule has 0 radical (unpaired) electrons. The molecular weight excluding hydrogens is 447 g/mol. The van der Waals surface area contributed by atoms with Crippen LogP contribution in [0.1, 0.15) is 16.7 Å². The van der Waals surface area contributed by atoms with Crippen molar-refractivity contribution in [2.75, 3.05) is 11.9 Å². The third-order valence-corrected chi connectivity index (χ3v) is 5.17. The Hall–Kier alpha value is -4.07. The molecule has 1 heterocycles. The number of benzene rings is 3. The molecule has 8 heteroatoms. The molecule has 0 spiro atoms. The highest BCUT2D eigenvalue weighted by molar-refractivity contribution is 5.93. The van der Waals surface area contributed by atoms with Crippen LogP contribution in [-0.4, -0.2) is 12.5 Å². The molecule has 0 saturated heterocycles. The number of fused-ring (bicyclic) bond motifs is 1. The summed E-state index contributed by atoms with van der Waals surface area (Å²) in [5, 5.41) is 2.46. The van der Waals surface area contributed by atoms with Crippen molar-refractivity contribution in [3.63, 3.8) is 0 Å². The number of amides is 1. The van der Waals surface area contributed by atoms with Gasteiger partial charge in [-0.1, -0.05) is 48.0 Å². The Morgan fingerprint density at radius 2 is 1.65 bits per heavy atom. The van der Waals surface area contributed by atoms with E-state index < -0.39 is 35.4 Å². The summed E-state index contributed by atoms with van der Waals surface area (Å²) in [4.78, 5) is 25.6. The van der Waals surface area contributed by atoms with Crippen molar-refractivity contribution in [3.05, 3.63) is 93.6 Å². The van der Waals surface area contributed by atoms with Crippen LogP contribution in [-0.2, 0) is 11.0 Å². The lowest BCUT2D eigenvalue weighted by Gasteiger charge is -2.15. The fraction of sp³-hybridized carbons (Fsp3) is 0.154. The number of carbonyl (C=O) groups is 1. The van der Waals surface area contributed by atoms with Crippen molar-refractivity contribution >= 4 is 22.6 Å². The molecule has 1 N–H and O–H groups in total. The second kappa shape index (κ2) is 9.05. The average Bonchev–Trinajstić information content (AvgIpc) is 2.78. The van der Waals surface area contributed by atoms with Crippen LogP contribution >= 0.6 is 0 Å². The molecule has 5 nitrogen and oxygen atoms in total. The van der Waals surface area contributed by atoms with Gasteiger partial charge in [0.1, 0.15) is 5.58 Å². The molecule has 1 amide bonds. The maximum atomic E-state index is 13.2. The summed E-state index contributed by atoms with van der Waals surface area (Å²) in [7, 11) is 0. The smallest absolute Gasteiger partial charge is 0.418 e. The molecule has 0 atom stereocenters. The molecule has 0 bridgehead atoms. The highest BCUT2D eigenvalue weighted by Gasteiger charge is 2.33. The van der Waals surface area contributed by atoms with Crippen molar-refractivity contribution in [1.29, 1.82) is 0 Å². The number of hydrogen-bond donors (Lipinski definition) is 1. The van der Waals surface area contributed by atoms with Gasteiger partial charge in [-0.3, -0.25) is 9.59 Å². The van der Waals surface area contributed by atoms with E-state index in [4.69, 9.17) is 9.15 Å². The summed E-state index contributed by atoms with van der Waals surface area (Å²) in [5.74, 6) is -0.916. The molecule has 0 aliphatic carbocycles. The van der Waals surface area contributed by atoms with E-state index in [1.54, 1.807) is 30.3 Å². The van der Waals surface area contributed by atoms with Crippen LogP contribution in [0.2, 0.25) is 0 Å². The minimum absolute atomic E-state index is 0.131. The van der Waals surface area contributed by atoms with Crippen molar-refractivity contribution < 1.29 is 27.1 Å².